The first-order valence-corrected chi connectivity index (χ1v) is 5.79. The summed E-state index contributed by atoms with van der Waals surface area (Å²) >= 11 is 1.51. The molecular weight excluding hydrogens is 239 g/mol. The van der Waals surface area contributed by atoms with Crippen molar-refractivity contribution in [1.82, 2.24) is 0 Å². The van der Waals surface area contributed by atoms with Crippen molar-refractivity contribution < 1.29 is 14.3 Å². The minimum Gasteiger partial charge on any atom is -0.505 e. The second-order valence-corrected chi connectivity index (χ2v) is 4.36. The highest BCUT2D eigenvalue weighted by atomic mass is 32.1. The van der Waals surface area contributed by atoms with E-state index >= 15 is 0 Å². The minimum atomic E-state index is -0.791. The van der Waals surface area contributed by atoms with Crippen LogP contribution in [0.15, 0.2) is 41.8 Å². The molecular formula is C13H9FO2S. The van der Waals surface area contributed by atoms with Crippen molar-refractivity contribution in [3.63, 3.8) is 0 Å². The van der Waals surface area contributed by atoms with Crippen molar-refractivity contribution in [3.05, 3.63) is 58.0 Å². The van der Waals surface area contributed by atoms with Crippen molar-refractivity contribution in [2.75, 3.05) is 0 Å². The standard InChI is InChI=1S/C13H9FO2S/c14-11-8-9(3-5-13(11)16)12(15)6-4-10-2-1-7-17-10/h1-8,16H. The Morgan fingerprint density at radius 2 is 2.18 bits per heavy atom. The maximum absolute atomic E-state index is 13.0. The molecule has 0 spiro atoms. The number of rotatable bonds is 3. The molecule has 0 aliphatic heterocycles. The summed E-state index contributed by atoms with van der Waals surface area (Å²) in [6.45, 7) is 0. The van der Waals surface area contributed by atoms with Gasteiger partial charge in [-0.1, -0.05) is 6.07 Å². The molecule has 86 valence electrons. The molecule has 4 heteroatoms. The number of carbonyl (C=O) groups is 1. The fourth-order valence-corrected chi connectivity index (χ4v) is 1.92. The van der Waals surface area contributed by atoms with E-state index in [1.807, 2.05) is 17.5 Å². The van der Waals surface area contributed by atoms with Gasteiger partial charge in [-0.25, -0.2) is 4.39 Å². The van der Waals surface area contributed by atoms with Crippen LogP contribution in [0.4, 0.5) is 4.39 Å². The van der Waals surface area contributed by atoms with E-state index in [9.17, 15) is 9.18 Å². The van der Waals surface area contributed by atoms with E-state index < -0.39 is 11.6 Å². The van der Waals surface area contributed by atoms with E-state index in [4.69, 9.17) is 5.11 Å². The Balaban J connectivity index is 2.17. The maximum atomic E-state index is 13.0. The van der Waals surface area contributed by atoms with Gasteiger partial charge < -0.3 is 5.11 Å². The van der Waals surface area contributed by atoms with Crippen LogP contribution in [0.1, 0.15) is 15.2 Å². The summed E-state index contributed by atoms with van der Waals surface area (Å²) in [5.41, 5.74) is 0.216. The molecule has 0 saturated carbocycles. The summed E-state index contributed by atoms with van der Waals surface area (Å²) in [4.78, 5) is 12.6. The average molecular weight is 248 g/mol. The molecule has 1 aromatic heterocycles. The van der Waals surface area contributed by atoms with Crippen LogP contribution in [0.2, 0.25) is 0 Å². The van der Waals surface area contributed by atoms with Gasteiger partial charge in [0.2, 0.25) is 0 Å². The van der Waals surface area contributed by atoms with Gasteiger partial charge in [-0.15, -0.1) is 11.3 Å². The third-order valence-electron chi connectivity index (χ3n) is 2.17. The number of allylic oxidation sites excluding steroid dienone is 1. The number of phenolic OH excluding ortho intramolecular Hbond substituents is 1. The molecule has 0 aliphatic carbocycles. The Bertz CT molecular complexity index is 559. The SMILES string of the molecule is O=C(C=Cc1cccs1)c1ccc(O)c(F)c1. The topological polar surface area (TPSA) is 37.3 Å². The van der Waals surface area contributed by atoms with Crippen LogP contribution in [-0.2, 0) is 0 Å². The predicted molar refractivity (Wildman–Crippen MR) is 65.7 cm³/mol. The van der Waals surface area contributed by atoms with Crippen LogP contribution in [-0.4, -0.2) is 10.9 Å². The fourth-order valence-electron chi connectivity index (χ4n) is 1.30. The Labute approximate surface area is 102 Å². The lowest BCUT2D eigenvalue weighted by Gasteiger charge is -1.98. The summed E-state index contributed by atoms with van der Waals surface area (Å²) < 4.78 is 13.0. The molecule has 0 atom stereocenters. The molecule has 2 aromatic rings. The lowest BCUT2D eigenvalue weighted by molar-refractivity contribution is 0.104. The summed E-state index contributed by atoms with van der Waals surface area (Å²) in [5.74, 6) is -1.54. The minimum absolute atomic E-state index is 0.216. The molecule has 2 nitrogen and oxygen atoms in total. The number of carbonyl (C=O) groups excluding carboxylic acids is 1. The van der Waals surface area contributed by atoms with Crippen molar-refractivity contribution in [2.45, 2.75) is 0 Å². The molecule has 17 heavy (non-hydrogen) atoms. The van der Waals surface area contributed by atoms with E-state index in [-0.39, 0.29) is 11.3 Å². The maximum Gasteiger partial charge on any atom is 0.185 e. The molecule has 0 fully saturated rings. The van der Waals surface area contributed by atoms with Crippen molar-refractivity contribution >= 4 is 23.2 Å². The lowest BCUT2D eigenvalue weighted by Crippen LogP contribution is -1.94. The molecule has 1 heterocycles. The third-order valence-corrected chi connectivity index (χ3v) is 3.01. The molecule has 0 unspecified atom stereocenters. The molecule has 0 bridgehead atoms. The average Bonchev–Trinajstić information content (AvgIpc) is 2.82. The van der Waals surface area contributed by atoms with Gasteiger partial charge in [0.1, 0.15) is 0 Å². The number of hydrogen-bond acceptors (Lipinski definition) is 3. The molecule has 0 aliphatic rings. The Kier molecular flexibility index (Phi) is 3.35. The number of halogens is 1. The zero-order chi connectivity index (χ0) is 12.3. The van der Waals surface area contributed by atoms with Gasteiger partial charge in [0, 0.05) is 10.4 Å². The van der Waals surface area contributed by atoms with Crippen molar-refractivity contribution in [2.24, 2.45) is 0 Å². The van der Waals surface area contributed by atoms with Crippen LogP contribution in [0.5, 0.6) is 5.75 Å². The van der Waals surface area contributed by atoms with Crippen LogP contribution in [0.3, 0.4) is 0 Å². The molecule has 2 rings (SSSR count). The Morgan fingerprint density at radius 1 is 1.35 bits per heavy atom. The van der Waals surface area contributed by atoms with E-state index in [1.54, 1.807) is 6.08 Å². The molecule has 0 radical (unpaired) electrons. The Morgan fingerprint density at radius 3 is 2.82 bits per heavy atom. The fraction of sp³-hybridized carbons (Fsp3) is 0. The van der Waals surface area contributed by atoms with Gasteiger partial charge in [0.05, 0.1) is 0 Å². The van der Waals surface area contributed by atoms with E-state index in [0.717, 1.165) is 10.9 Å². The van der Waals surface area contributed by atoms with Gasteiger partial charge in [0.25, 0.3) is 0 Å². The molecule has 1 N–H and O–H groups in total. The highest BCUT2D eigenvalue weighted by molar-refractivity contribution is 7.10. The van der Waals surface area contributed by atoms with Crippen molar-refractivity contribution in [1.29, 1.82) is 0 Å². The highest BCUT2D eigenvalue weighted by Crippen LogP contribution is 2.17. The van der Waals surface area contributed by atoms with Gasteiger partial charge in [0.15, 0.2) is 17.3 Å². The summed E-state index contributed by atoms with van der Waals surface area (Å²) in [6.07, 6.45) is 3.06. The van der Waals surface area contributed by atoms with Crippen LogP contribution >= 0.6 is 11.3 Å². The second-order valence-electron chi connectivity index (χ2n) is 3.38. The number of phenols is 1. The van der Waals surface area contributed by atoms with Crippen LogP contribution in [0.25, 0.3) is 6.08 Å². The van der Waals surface area contributed by atoms with Crippen molar-refractivity contribution in [3.8, 4) is 5.75 Å². The smallest absolute Gasteiger partial charge is 0.185 e. The first-order chi connectivity index (χ1) is 8.16. The van der Waals surface area contributed by atoms with Gasteiger partial charge >= 0.3 is 0 Å². The predicted octanol–water partition coefficient (Wildman–Crippen LogP) is 3.49. The first kappa shape index (κ1) is 11.5. The number of benzene rings is 1. The summed E-state index contributed by atoms with van der Waals surface area (Å²) in [6, 6.07) is 7.35. The Hall–Kier alpha value is -1.94. The third kappa shape index (κ3) is 2.79. The normalized spacial score (nSPS) is 10.9. The van der Waals surface area contributed by atoms with Crippen LogP contribution < -0.4 is 0 Å². The zero-order valence-corrected chi connectivity index (χ0v) is 9.58. The van der Waals surface area contributed by atoms with Gasteiger partial charge in [-0.3, -0.25) is 4.79 Å². The van der Waals surface area contributed by atoms with E-state index in [1.165, 1.54) is 29.5 Å². The summed E-state index contributed by atoms with van der Waals surface area (Å²) in [7, 11) is 0. The first-order valence-electron chi connectivity index (χ1n) is 4.91. The largest absolute Gasteiger partial charge is 0.505 e. The van der Waals surface area contributed by atoms with E-state index in [2.05, 4.69) is 0 Å². The zero-order valence-electron chi connectivity index (χ0n) is 8.76. The monoisotopic (exact) mass is 248 g/mol. The van der Waals surface area contributed by atoms with Crippen LogP contribution in [0, 0.1) is 5.82 Å². The molecule has 0 amide bonds. The molecule has 1 aromatic carbocycles. The number of hydrogen-bond donors (Lipinski definition) is 1. The van der Waals surface area contributed by atoms with Gasteiger partial charge in [-0.2, -0.15) is 0 Å². The number of thiophene rings is 1. The van der Waals surface area contributed by atoms with E-state index in [0.29, 0.717) is 0 Å². The number of aromatic hydroxyl groups is 1. The van der Waals surface area contributed by atoms with Gasteiger partial charge in [-0.05, 0) is 41.8 Å². The highest BCUT2D eigenvalue weighted by Gasteiger charge is 2.06. The quantitative estimate of drug-likeness (QED) is 0.667. The molecule has 0 saturated heterocycles. The number of ketones is 1. The second kappa shape index (κ2) is 4.93. The summed E-state index contributed by atoms with van der Waals surface area (Å²) in [5, 5.41) is 10.9. The lowest BCUT2D eigenvalue weighted by atomic mass is 10.1.